The second-order valence-electron chi connectivity index (χ2n) is 3.22. The number of pyridine rings is 1. The molecular weight excluding hydrogens is 192 g/mol. The summed E-state index contributed by atoms with van der Waals surface area (Å²) in [5.41, 5.74) is 8.22. The number of H-pyrrole nitrogens is 1. The number of nitrogens with two attached hydrogens (primary N) is 1. The van der Waals surface area contributed by atoms with Gasteiger partial charge in [0.05, 0.1) is 19.0 Å². The van der Waals surface area contributed by atoms with E-state index in [9.17, 15) is 0 Å². The van der Waals surface area contributed by atoms with Crippen molar-refractivity contribution in [1.29, 1.82) is 0 Å². The van der Waals surface area contributed by atoms with Gasteiger partial charge in [0.15, 0.2) is 5.95 Å². The van der Waals surface area contributed by atoms with Crippen molar-refractivity contribution in [1.82, 2.24) is 15.0 Å². The van der Waals surface area contributed by atoms with Crippen molar-refractivity contribution < 1.29 is 4.74 Å². The van der Waals surface area contributed by atoms with E-state index in [2.05, 4.69) is 15.0 Å². The molecule has 3 N–H and O–H groups in total. The molecule has 78 valence electrons. The number of nitrogens with one attached hydrogen (secondary N) is 1. The third kappa shape index (κ3) is 1.90. The Bertz CT molecular complexity index is 478. The Hall–Kier alpha value is -2.04. The van der Waals surface area contributed by atoms with E-state index >= 15 is 0 Å². The fourth-order valence-corrected chi connectivity index (χ4v) is 1.38. The molecule has 0 aromatic carbocycles. The summed E-state index contributed by atoms with van der Waals surface area (Å²) in [4.78, 5) is 11.1. The van der Waals surface area contributed by atoms with Crippen LogP contribution in [-0.4, -0.2) is 22.1 Å². The molecule has 0 aliphatic heterocycles. The van der Waals surface area contributed by atoms with Crippen LogP contribution in [0.2, 0.25) is 0 Å². The van der Waals surface area contributed by atoms with E-state index in [1.165, 1.54) is 0 Å². The van der Waals surface area contributed by atoms with Crippen LogP contribution in [0.25, 0.3) is 11.3 Å². The van der Waals surface area contributed by atoms with Crippen LogP contribution in [0.1, 0.15) is 5.69 Å². The van der Waals surface area contributed by atoms with Crippen molar-refractivity contribution in [2.75, 3.05) is 12.8 Å². The molecule has 2 aromatic rings. The van der Waals surface area contributed by atoms with Crippen LogP contribution in [0.4, 0.5) is 5.95 Å². The highest BCUT2D eigenvalue weighted by molar-refractivity contribution is 5.61. The first-order chi connectivity index (χ1) is 7.19. The molecule has 0 bridgehead atoms. The highest BCUT2D eigenvalue weighted by atomic mass is 16.5. The van der Waals surface area contributed by atoms with Crippen LogP contribution in [0.15, 0.2) is 18.3 Å². The van der Waals surface area contributed by atoms with E-state index in [4.69, 9.17) is 10.5 Å². The number of hydrogen-bond donors (Lipinski definition) is 2. The van der Waals surface area contributed by atoms with E-state index in [0.717, 1.165) is 17.0 Å². The summed E-state index contributed by atoms with van der Waals surface area (Å²) >= 11 is 0. The second kappa shape index (κ2) is 3.61. The lowest BCUT2D eigenvalue weighted by molar-refractivity contribution is 0.397. The van der Waals surface area contributed by atoms with Gasteiger partial charge in [-0.15, -0.1) is 0 Å². The van der Waals surface area contributed by atoms with Gasteiger partial charge in [0, 0.05) is 17.3 Å². The number of aromatic amines is 1. The van der Waals surface area contributed by atoms with E-state index in [1.54, 1.807) is 13.3 Å². The number of rotatable bonds is 2. The molecule has 0 fully saturated rings. The summed E-state index contributed by atoms with van der Waals surface area (Å²) in [6.07, 6.45) is 1.68. The van der Waals surface area contributed by atoms with Crippen LogP contribution in [0, 0.1) is 6.92 Å². The van der Waals surface area contributed by atoms with Gasteiger partial charge in [0.1, 0.15) is 0 Å². The number of ether oxygens (including phenoxy) is 1. The van der Waals surface area contributed by atoms with Gasteiger partial charge < -0.3 is 15.5 Å². The van der Waals surface area contributed by atoms with Crippen molar-refractivity contribution >= 4 is 5.95 Å². The zero-order valence-electron chi connectivity index (χ0n) is 8.61. The molecule has 2 rings (SSSR count). The first-order valence-electron chi connectivity index (χ1n) is 4.52. The Labute approximate surface area is 87.3 Å². The van der Waals surface area contributed by atoms with Gasteiger partial charge in [-0.2, -0.15) is 0 Å². The fraction of sp³-hybridized carbons (Fsp3) is 0.200. The van der Waals surface area contributed by atoms with Crippen LogP contribution in [-0.2, 0) is 0 Å². The summed E-state index contributed by atoms with van der Waals surface area (Å²) in [6.45, 7) is 1.91. The summed E-state index contributed by atoms with van der Waals surface area (Å²) < 4.78 is 5.09. The summed E-state index contributed by atoms with van der Waals surface area (Å²) in [7, 11) is 1.59. The predicted molar refractivity (Wildman–Crippen MR) is 57.5 cm³/mol. The zero-order chi connectivity index (χ0) is 10.8. The molecule has 5 heteroatoms. The molecule has 0 saturated heterocycles. The van der Waals surface area contributed by atoms with Crippen molar-refractivity contribution in [3.8, 4) is 17.1 Å². The normalized spacial score (nSPS) is 10.3. The summed E-state index contributed by atoms with van der Waals surface area (Å²) in [5, 5.41) is 0. The maximum Gasteiger partial charge on any atom is 0.213 e. The molecule has 0 aliphatic carbocycles. The molecule has 5 nitrogen and oxygen atoms in total. The van der Waals surface area contributed by atoms with Gasteiger partial charge in [-0.25, -0.2) is 9.97 Å². The first kappa shape index (κ1) is 9.51. The summed E-state index contributed by atoms with van der Waals surface area (Å²) in [5.74, 6) is 0.983. The van der Waals surface area contributed by atoms with Gasteiger partial charge in [0.25, 0.3) is 0 Å². The molecular formula is C10H12N4O. The average Bonchev–Trinajstić information content (AvgIpc) is 2.64. The minimum Gasteiger partial charge on any atom is -0.481 e. The number of imidazole rings is 1. The van der Waals surface area contributed by atoms with Gasteiger partial charge >= 0.3 is 0 Å². The predicted octanol–water partition coefficient (Wildman–Crippen LogP) is 1.37. The average molecular weight is 204 g/mol. The standard InChI is InChI=1S/C10H12N4O/c1-6-3-7(4-9(13-6)15-2)8-5-12-10(11)14-8/h3-5H,1-2H3,(H3,11,12,14). The van der Waals surface area contributed by atoms with E-state index in [-0.39, 0.29) is 0 Å². The maximum absolute atomic E-state index is 5.51. The number of anilines is 1. The van der Waals surface area contributed by atoms with Crippen molar-refractivity contribution in [2.45, 2.75) is 6.92 Å². The molecule has 0 saturated carbocycles. The quantitative estimate of drug-likeness (QED) is 0.774. The van der Waals surface area contributed by atoms with E-state index in [1.807, 2.05) is 19.1 Å². The van der Waals surface area contributed by atoms with Crippen LogP contribution < -0.4 is 10.5 Å². The van der Waals surface area contributed by atoms with Crippen LogP contribution in [0.5, 0.6) is 5.88 Å². The minimum atomic E-state index is 0.401. The highest BCUT2D eigenvalue weighted by Gasteiger charge is 2.04. The number of hydrogen-bond acceptors (Lipinski definition) is 4. The van der Waals surface area contributed by atoms with Gasteiger partial charge in [-0.1, -0.05) is 0 Å². The number of nitrogens with zero attached hydrogens (tertiary/aromatic N) is 2. The van der Waals surface area contributed by atoms with Crippen molar-refractivity contribution in [3.63, 3.8) is 0 Å². The van der Waals surface area contributed by atoms with Crippen LogP contribution in [0.3, 0.4) is 0 Å². The lowest BCUT2D eigenvalue weighted by Gasteiger charge is -2.03. The number of methoxy groups -OCH3 is 1. The van der Waals surface area contributed by atoms with Gasteiger partial charge in [0.2, 0.25) is 5.88 Å². The Morgan fingerprint density at radius 1 is 1.40 bits per heavy atom. The zero-order valence-corrected chi connectivity index (χ0v) is 8.61. The molecule has 0 amide bonds. The van der Waals surface area contributed by atoms with Gasteiger partial charge in [-0.3, -0.25) is 0 Å². The number of aryl methyl sites for hydroxylation is 1. The first-order valence-corrected chi connectivity index (χ1v) is 4.52. The van der Waals surface area contributed by atoms with Crippen molar-refractivity contribution in [2.24, 2.45) is 0 Å². The largest absolute Gasteiger partial charge is 0.481 e. The molecule has 0 radical (unpaired) electrons. The van der Waals surface area contributed by atoms with Crippen molar-refractivity contribution in [3.05, 3.63) is 24.0 Å². The Morgan fingerprint density at radius 3 is 2.80 bits per heavy atom. The molecule has 0 atom stereocenters. The Morgan fingerprint density at radius 2 is 2.20 bits per heavy atom. The molecule has 15 heavy (non-hydrogen) atoms. The van der Waals surface area contributed by atoms with Gasteiger partial charge in [-0.05, 0) is 13.0 Å². The molecule has 2 aromatic heterocycles. The van der Waals surface area contributed by atoms with Crippen LogP contribution >= 0.6 is 0 Å². The highest BCUT2D eigenvalue weighted by Crippen LogP contribution is 2.22. The van der Waals surface area contributed by atoms with E-state index in [0.29, 0.717) is 11.8 Å². The maximum atomic E-state index is 5.51. The SMILES string of the molecule is COc1cc(-c2cnc(N)[nH]2)cc(C)n1. The smallest absolute Gasteiger partial charge is 0.213 e. The third-order valence-corrected chi connectivity index (χ3v) is 2.05. The topological polar surface area (TPSA) is 76.8 Å². The molecule has 0 aliphatic rings. The lowest BCUT2D eigenvalue weighted by Crippen LogP contribution is -1.91. The number of aromatic nitrogens is 3. The lowest BCUT2D eigenvalue weighted by atomic mass is 10.2. The summed E-state index contributed by atoms with van der Waals surface area (Å²) in [6, 6.07) is 3.77. The Balaban J connectivity index is 2.48. The third-order valence-electron chi connectivity index (χ3n) is 2.05. The molecule has 0 spiro atoms. The minimum absolute atomic E-state index is 0.401. The molecule has 2 heterocycles. The second-order valence-corrected chi connectivity index (χ2v) is 3.22. The Kier molecular flexibility index (Phi) is 2.29. The fourth-order valence-electron chi connectivity index (χ4n) is 1.38. The van der Waals surface area contributed by atoms with E-state index < -0.39 is 0 Å². The monoisotopic (exact) mass is 204 g/mol. The molecule has 0 unspecified atom stereocenters. The number of nitrogen functional groups attached to an aromatic ring is 1.